The van der Waals surface area contributed by atoms with Crippen molar-refractivity contribution in [3.05, 3.63) is 89.5 Å². The maximum Gasteiger partial charge on any atom is 0.328 e. The van der Waals surface area contributed by atoms with Crippen LogP contribution in [0.3, 0.4) is 0 Å². The Balaban J connectivity index is 1.67. The van der Waals surface area contributed by atoms with Crippen LogP contribution in [0.2, 0.25) is 0 Å². The Kier molecular flexibility index (Phi) is 4.75. The largest absolute Gasteiger partial charge is 0.468 e. The van der Waals surface area contributed by atoms with Crippen LogP contribution < -0.4 is 4.72 Å². The van der Waals surface area contributed by atoms with E-state index in [1.807, 2.05) is 30.3 Å². The maximum absolute atomic E-state index is 13.0. The molecule has 0 aliphatic heterocycles. The number of hydrogen-bond acceptors (Lipinski definition) is 4. The van der Waals surface area contributed by atoms with Crippen LogP contribution in [-0.4, -0.2) is 21.5 Å². The van der Waals surface area contributed by atoms with E-state index in [0.717, 1.165) is 16.7 Å². The molecule has 3 aromatic carbocycles. The van der Waals surface area contributed by atoms with Crippen LogP contribution in [0.5, 0.6) is 0 Å². The average Bonchev–Trinajstić information content (AvgIpc) is 3.10. The summed E-state index contributed by atoms with van der Waals surface area (Å²) in [6.07, 6.45) is 0.688. The zero-order valence-corrected chi connectivity index (χ0v) is 16.1. The van der Waals surface area contributed by atoms with Crippen molar-refractivity contribution in [2.24, 2.45) is 0 Å². The minimum absolute atomic E-state index is 0.129. The summed E-state index contributed by atoms with van der Waals surface area (Å²) in [6, 6.07) is 20.6. The van der Waals surface area contributed by atoms with Gasteiger partial charge in [0.25, 0.3) is 0 Å². The predicted octanol–water partition coefficient (Wildman–Crippen LogP) is 3.45. The van der Waals surface area contributed by atoms with Crippen molar-refractivity contribution in [1.29, 1.82) is 0 Å². The van der Waals surface area contributed by atoms with Crippen LogP contribution >= 0.6 is 0 Å². The summed E-state index contributed by atoms with van der Waals surface area (Å²) >= 11 is 0. The monoisotopic (exact) mass is 393 g/mol. The summed E-state index contributed by atoms with van der Waals surface area (Å²) in [5, 5.41) is 0. The average molecular weight is 393 g/mol. The molecule has 0 saturated heterocycles. The van der Waals surface area contributed by atoms with Gasteiger partial charge in [0.2, 0.25) is 10.0 Å². The molecule has 0 saturated carbocycles. The normalized spacial score (nSPS) is 13.5. The molecule has 1 atom stereocenters. The number of esters is 1. The van der Waals surface area contributed by atoms with E-state index in [0.29, 0.717) is 12.0 Å². The molecule has 0 spiro atoms. The molecule has 0 heterocycles. The first-order valence-electron chi connectivity index (χ1n) is 8.86. The number of rotatable bonds is 5. The van der Waals surface area contributed by atoms with E-state index in [-0.39, 0.29) is 4.90 Å². The van der Waals surface area contributed by atoms with Gasteiger partial charge in [0.15, 0.2) is 0 Å². The Bertz CT molecular complexity index is 1140. The minimum Gasteiger partial charge on any atom is -0.468 e. The Morgan fingerprint density at radius 2 is 1.61 bits per heavy atom. The van der Waals surface area contributed by atoms with Gasteiger partial charge in [0, 0.05) is 0 Å². The first kappa shape index (κ1) is 18.4. The van der Waals surface area contributed by atoms with Gasteiger partial charge < -0.3 is 4.74 Å². The zero-order chi connectivity index (χ0) is 19.7. The molecule has 1 aliphatic carbocycles. The Labute approximate surface area is 164 Å². The van der Waals surface area contributed by atoms with Gasteiger partial charge in [-0.25, -0.2) is 13.2 Å². The molecule has 6 heteroatoms. The highest BCUT2D eigenvalue weighted by molar-refractivity contribution is 7.89. The van der Waals surface area contributed by atoms with Crippen LogP contribution in [0.25, 0.3) is 11.1 Å². The summed E-state index contributed by atoms with van der Waals surface area (Å²) in [6.45, 7) is 0. The van der Waals surface area contributed by atoms with Crippen molar-refractivity contribution < 1.29 is 17.9 Å². The van der Waals surface area contributed by atoms with Gasteiger partial charge in [0.05, 0.1) is 12.0 Å². The number of carbonyl (C=O) groups is 1. The second-order valence-corrected chi connectivity index (χ2v) is 8.36. The van der Waals surface area contributed by atoms with Gasteiger partial charge in [-0.1, -0.05) is 60.7 Å². The van der Waals surface area contributed by atoms with Gasteiger partial charge in [0.1, 0.15) is 6.04 Å². The number of methoxy groups -OCH3 is 1. The molecule has 0 fully saturated rings. The highest BCUT2D eigenvalue weighted by Crippen LogP contribution is 2.37. The van der Waals surface area contributed by atoms with Gasteiger partial charge in [-0.15, -0.1) is 0 Å². The third-order valence-electron chi connectivity index (χ3n) is 4.92. The van der Waals surface area contributed by atoms with Crippen molar-refractivity contribution in [1.82, 2.24) is 4.72 Å². The fourth-order valence-electron chi connectivity index (χ4n) is 3.53. The van der Waals surface area contributed by atoms with Gasteiger partial charge in [-0.3, -0.25) is 0 Å². The van der Waals surface area contributed by atoms with Crippen LogP contribution in [0, 0.1) is 0 Å². The molecule has 3 aromatic rings. The van der Waals surface area contributed by atoms with E-state index in [9.17, 15) is 13.2 Å². The Hall–Kier alpha value is -2.96. The first-order valence-corrected chi connectivity index (χ1v) is 10.3. The van der Waals surface area contributed by atoms with Crippen molar-refractivity contribution in [2.75, 3.05) is 7.11 Å². The highest BCUT2D eigenvalue weighted by atomic mass is 32.2. The van der Waals surface area contributed by atoms with E-state index < -0.39 is 22.0 Å². The molecule has 1 aliphatic rings. The number of sulfonamides is 1. The summed E-state index contributed by atoms with van der Waals surface area (Å²) in [4.78, 5) is 12.3. The van der Waals surface area contributed by atoms with Crippen molar-refractivity contribution >= 4 is 16.0 Å². The highest BCUT2D eigenvalue weighted by Gasteiger charge is 2.29. The molecular formula is C22H19NO4S. The molecule has 5 nitrogen and oxygen atoms in total. The maximum atomic E-state index is 13.0. The zero-order valence-electron chi connectivity index (χ0n) is 15.3. The van der Waals surface area contributed by atoms with E-state index in [4.69, 9.17) is 4.74 Å². The third kappa shape index (κ3) is 3.32. The van der Waals surface area contributed by atoms with E-state index >= 15 is 0 Å². The summed E-state index contributed by atoms with van der Waals surface area (Å²) in [5.41, 5.74) is 4.83. The molecule has 1 unspecified atom stereocenters. The Morgan fingerprint density at radius 1 is 0.929 bits per heavy atom. The lowest BCUT2D eigenvalue weighted by Crippen LogP contribution is -2.34. The van der Waals surface area contributed by atoms with Crippen LogP contribution in [0.15, 0.2) is 77.7 Å². The van der Waals surface area contributed by atoms with Crippen molar-refractivity contribution in [3.63, 3.8) is 0 Å². The SMILES string of the molecule is COC(=O)C(NS(=O)(=O)c1ccc2c(c1)Cc1ccccc1-2)c1ccccc1. The second-order valence-electron chi connectivity index (χ2n) is 6.64. The van der Waals surface area contributed by atoms with Gasteiger partial charge in [-0.05, 0) is 46.4 Å². The van der Waals surface area contributed by atoms with E-state index in [2.05, 4.69) is 4.72 Å². The summed E-state index contributed by atoms with van der Waals surface area (Å²) < 4.78 is 33.3. The molecule has 28 heavy (non-hydrogen) atoms. The topological polar surface area (TPSA) is 72.5 Å². The molecular weight excluding hydrogens is 374 g/mol. The molecule has 0 radical (unpaired) electrons. The molecule has 0 aromatic heterocycles. The molecule has 4 rings (SSSR count). The lowest BCUT2D eigenvalue weighted by Gasteiger charge is -2.17. The molecule has 142 valence electrons. The van der Waals surface area contributed by atoms with Crippen molar-refractivity contribution in [3.8, 4) is 11.1 Å². The Morgan fingerprint density at radius 3 is 2.36 bits per heavy atom. The third-order valence-corrected chi connectivity index (χ3v) is 6.34. The number of hydrogen-bond donors (Lipinski definition) is 1. The van der Waals surface area contributed by atoms with Crippen molar-refractivity contribution in [2.45, 2.75) is 17.4 Å². The van der Waals surface area contributed by atoms with Crippen LogP contribution in [-0.2, 0) is 26.0 Å². The number of fused-ring (bicyclic) bond motifs is 3. The summed E-state index contributed by atoms with van der Waals surface area (Å²) in [5.74, 6) is -0.664. The van der Waals surface area contributed by atoms with E-state index in [1.165, 1.54) is 12.7 Å². The minimum atomic E-state index is -3.92. The fraction of sp³-hybridized carbons (Fsp3) is 0.136. The number of nitrogens with one attached hydrogen (secondary N) is 1. The standard InChI is InChI=1S/C22H19NO4S/c1-27-22(24)21(15-7-3-2-4-8-15)23-28(25,26)18-11-12-20-17(14-18)13-16-9-5-6-10-19(16)20/h2-12,14,21,23H,13H2,1H3. The number of ether oxygens (including phenoxy) is 1. The van der Waals surface area contributed by atoms with E-state index in [1.54, 1.807) is 42.5 Å². The quantitative estimate of drug-likeness (QED) is 0.527. The first-order chi connectivity index (χ1) is 13.5. The lowest BCUT2D eigenvalue weighted by molar-refractivity contribution is -0.142. The smallest absolute Gasteiger partial charge is 0.328 e. The second kappa shape index (κ2) is 7.22. The van der Waals surface area contributed by atoms with Gasteiger partial charge >= 0.3 is 5.97 Å². The molecule has 0 bridgehead atoms. The van der Waals surface area contributed by atoms with Gasteiger partial charge in [-0.2, -0.15) is 4.72 Å². The molecule has 0 amide bonds. The number of carbonyl (C=O) groups excluding carboxylic acids is 1. The fourth-order valence-corrected chi connectivity index (χ4v) is 4.75. The summed E-state index contributed by atoms with van der Waals surface area (Å²) in [7, 11) is -2.69. The number of benzene rings is 3. The van der Waals surface area contributed by atoms with Crippen LogP contribution in [0.1, 0.15) is 22.7 Å². The predicted molar refractivity (Wildman–Crippen MR) is 106 cm³/mol. The molecule has 1 N–H and O–H groups in total. The van der Waals surface area contributed by atoms with Crippen LogP contribution in [0.4, 0.5) is 0 Å². The lowest BCUT2D eigenvalue weighted by atomic mass is 10.1.